The number of carbonyl (C=O) groups excluding carboxylic acids is 2. The molecule has 0 bridgehead atoms. The Morgan fingerprint density at radius 3 is 2.19 bits per heavy atom. The molecule has 0 aliphatic heterocycles. The number of nitrogens with one attached hydrogen (secondary N) is 1. The highest BCUT2D eigenvalue weighted by molar-refractivity contribution is 7.89. The Hall–Kier alpha value is -2.61. The van der Waals surface area contributed by atoms with Crippen LogP contribution in [0.3, 0.4) is 0 Å². The van der Waals surface area contributed by atoms with E-state index in [-0.39, 0.29) is 23.0 Å². The standard InChI is InChI=1S/C20H17NO4S2/c1-14(22)15-7-10-18(11-8-15)27(24,25)21-13-17-9-12-19(26-17)20(23)16-5-3-2-4-6-16/h2-12,21H,13H2,1H3. The first-order valence-corrected chi connectivity index (χ1v) is 10.5. The van der Waals surface area contributed by atoms with Crippen LogP contribution in [0.5, 0.6) is 0 Å². The van der Waals surface area contributed by atoms with Crippen molar-refractivity contribution >= 4 is 32.9 Å². The molecule has 1 N–H and O–H groups in total. The zero-order valence-electron chi connectivity index (χ0n) is 14.5. The fourth-order valence-electron chi connectivity index (χ4n) is 2.45. The smallest absolute Gasteiger partial charge is 0.240 e. The zero-order chi connectivity index (χ0) is 19.4. The van der Waals surface area contributed by atoms with Crippen LogP contribution in [-0.4, -0.2) is 20.0 Å². The van der Waals surface area contributed by atoms with Crippen molar-refractivity contribution in [2.75, 3.05) is 0 Å². The molecule has 3 rings (SSSR count). The van der Waals surface area contributed by atoms with Crippen LogP contribution in [0.2, 0.25) is 0 Å². The summed E-state index contributed by atoms with van der Waals surface area (Å²) in [6, 6.07) is 18.1. The van der Waals surface area contributed by atoms with Crippen molar-refractivity contribution in [1.82, 2.24) is 4.72 Å². The molecule has 1 heterocycles. The molecule has 0 radical (unpaired) electrons. The Kier molecular flexibility index (Phi) is 5.65. The maximum Gasteiger partial charge on any atom is 0.240 e. The van der Waals surface area contributed by atoms with E-state index in [1.165, 1.54) is 42.5 Å². The number of Topliss-reactive ketones (excluding diaryl/α,β-unsaturated/α-hetero) is 1. The third-order valence-corrected chi connectivity index (χ3v) is 6.43. The molecule has 1 aromatic heterocycles. The van der Waals surface area contributed by atoms with Crippen molar-refractivity contribution in [2.24, 2.45) is 0 Å². The minimum Gasteiger partial charge on any atom is -0.295 e. The van der Waals surface area contributed by atoms with Crippen LogP contribution >= 0.6 is 11.3 Å². The lowest BCUT2D eigenvalue weighted by molar-refractivity contribution is 0.101. The highest BCUT2D eigenvalue weighted by Gasteiger charge is 2.16. The Morgan fingerprint density at radius 1 is 0.889 bits per heavy atom. The van der Waals surface area contributed by atoms with Gasteiger partial charge in [-0.25, -0.2) is 13.1 Å². The molecule has 3 aromatic rings. The molecular formula is C20H17NO4S2. The van der Waals surface area contributed by atoms with Gasteiger partial charge < -0.3 is 0 Å². The molecule has 5 nitrogen and oxygen atoms in total. The summed E-state index contributed by atoms with van der Waals surface area (Å²) in [5.41, 5.74) is 1.05. The van der Waals surface area contributed by atoms with Gasteiger partial charge in [0.05, 0.1) is 9.77 Å². The van der Waals surface area contributed by atoms with Gasteiger partial charge in [-0.2, -0.15) is 0 Å². The average Bonchev–Trinajstić information content (AvgIpc) is 3.16. The van der Waals surface area contributed by atoms with Gasteiger partial charge in [0.15, 0.2) is 5.78 Å². The first-order chi connectivity index (χ1) is 12.9. The summed E-state index contributed by atoms with van der Waals surface area (Å²) in [6.07, 6.45) is 0. The average molecular weight is 399 g/mol. The van der Waals surface area contributed by atoms with Crippen molar-refractivity contribution in [1.29, 1.82) is 0 Å². The van der Waals surface area contributed by atoms with Crippen LogP contribution in [-0.2, 0) is 16.6 Å². The molecule has 0 amide bonds. The van der Waals surface area contributed by atoms with Crippen molar-refractivity contribution in [3.05, 3.63) is 87.6 Å². The van der Waals surface area contributed by atoms with E-state index >= 15 is 0 Å². The van der Waals surface area contributed by atoms with Crippen LogP contribution in [0, 0.1) is 0 Å². The second kappa shape index (κ2) is 7.96. The number of hydrogen-bond donors (Lipinski definition) is 1. The van der Waals surface area contributed by atoms with E-state index in [9.17, 15) is 18.0 Å². The zero-order valence-corrected chi connectivity index (χ0v) is 16.1. The van der Waals surface area contributed by atoms with E-state index in [1.807, 2.05) is 6.07 Å². The van der Waals surface area contributed by atoms with Crippen molar-refractivity contribution in [2.45, 2.75) is 18.4 Å². The summed E-state index contributed by atoms with van der Waals surface area (Å²) in [7, 11) is -3.70. The summed E-state index contributed by atoms with van der Waals surface area (Å²) in [5.74, 6) is -0.212. The third kappa shape index (κ3) is 4.57. The van der Waals surface area contributed by atoms with Gasteiger partial charge >= 0.3 is 0 Å². The van der Waals surface area contributed by atoms with E-state index in [4.69, 9.17) is 0 Å². The molecular weight excluding hydrogens is 382 g/mol. The number of thiophene rings is 1. The lowest BCUT2D eigenvalue weighted by Gasteiger charge is -2.06. The lowest BCUT2D eigenvalue weighted by atomic mass is 10.1. The highest BCUT2D eigenvalue weighted by Crippen LogP contribution is 2.21. The Morgan fingerprint density at radius 2 is 1.56 bits per heavy atom. The number of ketones is 2. The predicted octanol–water partition coefficient (Wildman–Crippen LogP) is 3.66. The van der Waals surface area contributed by atoms with Gasteiger partial charge in [-0.15, -0.1) is 11.3 Å². The highest BCUT2D eigenvalue weighted by atomic mass is 32.2. The molecule has 0 atom stereocenters. The van der Waals surface area contributed by atoms with Crippen LogP contribution < -0.4 is 4.72 Å². The number of sulfonamides is 1. The largest absolute Gasteiger partial charge is 0.295 e. The minimum atomic E-state index is -3.70. The molecule has 0 fully saturated rings. The maximum absolute atomic E-state index is 12.4. The lowest BCUT2D eigenvalue weighted by Crippen LogP contribution is -2.22. The first-order valence-electron chi connectivity index (χ1n) is 8.16. The van der Waals surface area contributed by atoms with Gasteiger partial charge in [0.2, 0.25) is 15.8 Å². The van der Waals surface area contributed by atoms with Gasteiger partial charge in [-0.05, 0) is 31.2 Å². The fourth-order valence-corrected chi connectivity index (χ4v) is 4.45. The van der Waals surface area contributed by atoms with E-state index in [0.29, 0.717) is 16.0 Å². The summed E-state index contributed by atoms with van der Waals surface area (Å²) in [6.45, 7) is 1.51. The van der Waals surface area contributed by atoms with Gasteiger partial charge in [0.1, 0.15) is 0 Å². The number of rotatable bonds is 7. The normalized spacial score (nSPS) is 11.3. The van der Waals surface area contributed by atoms with Crippen LogP contribution in [0.15, 0.2) is 71.6 Å². The molecule has 0 unspecified atom stereocenters. The predicted molar refractivity (Wildman–Crippen MR) is 105 cm³/mol. The number of carbonyl (C=O) groups is 2. The van der Waals surface area contributed by atoms with E-state index in [0.717, 1.165) is 4.88 Å². The monoisotopic (exact) mass is 399 g/mol. The minimum absolute atomic E-state index is 0.0868. The van der Waals surface area contributed by atoms with Gasteiger partial charge in [0, 0.05) is 22.5 Å². The Balaban J connectivity index is 1.69. The van der Waals surface area contributed by atoms with Gasteiger partial charge in [-0.1, -0.05) is 42.5 Å². The van der Waals surface area contributed by atoms with Crippen LogP contribution in [0.25, 0.3) is 0 Å². The second-order valence-corrected chi connectivity index (χ2v) is 8.80. The number of hydrogen-bond acceptors (Lipinski definition) is 5. The molecule has 2 aromatic carbocycles. The molecule has 0 aliphatic carbocycles. The Labute approximate surface area is 161 Å². The van der Waals surface area contributed by atoms with E-state index < -0.39 is 10.0 Å². The number of benzene rings is 2. The van der Waals surface area contributed by atoms with E-state index in [2.05, 4.69) is 4.72 Å². The molecule has 0 spiro atoms. The fraction of sp³-hybridized carbons (Fsp3) is 0.100. The van der Waals surface area contributed by atoms with Crippen molar-refractivity contribution in [3.63, 3.8) is 0 Å². The third-order valence-electron chi connectivity index (χ3n) is 3.93. The molecule has 0 aliphatic rings. The van der Waals surface area contributed by atoms with Crippen LogP contribution in [0.4, 0.5) is 0 Å². The van der Waals surface area contributed by atoms with Crippen molar-refractivity contribution < 1.29 is 18.0 Å². The molecule has 27 heavy (non-hydrogen) atoms. The van der Waals surface area contributed by atoms with E-state index in [1.54, 1.807) is 36.4 Å². The summed E-state index contributed by atoms with van der Waals surface area (Å²) < 4.78 is 27.3. The molecule has 138 valence electrons. The molecule has 7 heteroatoms. The molecule has 0 saturated heterocycles. The van der Waals surface area contributed by atoms with Gasteiger partial charge in [-0.3, -0.25) is 9.59 Å². The second-order valence-electron chi connectivity index (χ2n) is 5.87. The topological polar surface area (TPSA) is 80.3 Å². The maximum atomic E-state index is 12.4. The SMILES string of the molecule is CC(=O)c1ccc(S(=O)(=O)NCc2ccc(C(=O)c3ccccc3)s2)cc1. The van der Waals surface area contributed by atoms with Crippen molar-refractivity contribution in [3.8, 4) is 0 Å². The molecule has 0 saturated carbocycles. The summed E-state index contributed by atoms with van der Waals surface area (Å²) in [5, 5.41) is 0. The van der Waals surface area contributed by atoms with Crippen LogP contribution in [0.1, 0.15) is 37.4 Å². The quantitative estimate of drug-likeness (QED) is 0.615. The summed E-state index contributed by atoms with van der Waals surface area (Å²) in [4.78, 5) is 25.1. The Bertz CT molecular complexity index is 1070. The van der Waals surface area contributed by atoms with Gasteiger partial charge in [0.25, 0.3) is 0 Å². The first kappa shape index (κ1) is 19.2. The summed E-state index contributed by atoms with van der Waals surface area (Å²) >= 11 is 1.26.